The number of hydrogen-bond donors (Lipinski definition) is 0. The van der Waals surface area contributed by atoms with Crippen LogP contribution in [-0.4, -0.2) is 7.05 Å². The Kier molecular flexibility index (Phi) is 4.56. The molecule has 26 heavy (non-hydrogen) atoms. The number of aryl methyl sites for hydroxylation is 1. The SMILES string of the molecule is C=c1ccc2c(c1)Sc1cc(N(C)Cc3cccc(CC)c3)ccc1N=2. The molecule has 0 amide bonds. The lowest BCUT2D eigenvalue weighted by Gasteiger charge is -2.22. The first-order valence-electron chi connectivity index (χ1n) is 8.91. The van der Waals surface area contributed by atoms with Gasteiger partial charge in [-0.25, -0.2) is 4.99 Å². The molecule has 0 fully saturated rings. The van der Waals surface area contributed by atoms with Crippen molar-refractivity contribution >= 4 is 29.7 Å². The van der Waals surface area contributed by atoms with E-state index in [1.54, 1.807) is 11.8 Å². The third-order valence-corrected chi connectivity index (χ3v) is 5.78. The van der Waals surface area contributed by atoms with Crippen molar-refractivity contribution in [2.75, 3.05) is 11.9 Å². The molecule has 0 atom stereocenters. The normalized spacial score (nSPS) is 12.1. The van der Waals surface area contributed by atoms with E-state index in [0.29, 0.717) is 0 Å². The molecule has 0 radical (unpaired) electrons. The summed E-state index contributed by atoms with van der Waals surface area (Å²) in [5, 5.41) is 2.06. The second-order valence-electron chi connectivity index (χ2n) is 6.70. The molecule has 0 unspecified atom stereocenters. The van der Waals surface area contributed by atoms with Gasteiger partial charge in [0, 0.05) is 29.1 Å². The molecule has 1 heterocycles. The van der Waals surface area contributed by atoms with Crippen molar-refractivity contribution in [1.29, 1.82) is 0 Å². The van der Waals surface area contributed by atoms with Gasteiger partial charge in [-0.2, -0.15) is 0 Å². The van der Waals surface area contributed by atoms with E-state index in [2.05, 4.69) is 74.0 Å². The van der Waals surface area contributed by atoms with Gasteiger partial charge in [0.1, 0.15) is 0 Å². The molecule has 0 aromatic heterocycles. The lowest BCUT2D eigenvalue weighted by atomic mass is 10.1. The van der Waals surface area contributed by atoms with E-state index in [4.69, 9.17) is 4.99 Å². The average Bonchev–Trinajstić information content (AvgIpc) is 2.66. The highest BCUT2D eigenvalue weighted by atomic mass is 32.2. The zero-order valence-corrected chi connectivity index (χ0v) is 16.0. The largest absolute Gasteiger partial charge is 0.370 e. The molecule has 130 valence electrons. The topological polar surface area (TPSA) is 15.6 Å². The second kappa shape index (κ2) is 7.00. The maximum Gasteiger partial charge on any atom is 0.0778 e. The fraction of sp³-hybridized carbons (Fsp3) is 0.174. The monoisotopic (exact) mass is 358 g/mol. The Labute approximate surface area is 158 Å². The minimum Gasteiger partial charge on any atom is -0.370 e. The van der Waals surface area contributed by atoms with Gasteiger partial charge >= 0.3 is 0 Å². The summed E-state index contributed by atoms with van der Waals surface area (Å²) >= 11 is 1.78. The summed E-state index contributed by atoms with van der Waals surface area (Å²) < 4.78 is 0. The molecule has 1 aliphatic heterocycles. The maximum atomic E-state index is 4.79. The van der Waals surface area contributed by atoms with Gasteiger partial charge in [-0.15, -0.1) is 0 Å². The standard InChI is InChI=1S/C23H22N2S/c1-4-17-6-5-7-18(13-17)15-25(3)19-9-11-21-23(14-19)26-22-12-16(2)8-10-20(22)24-21/h5-14H,2,4,15H2,1,3H3. The van der Waals surface area contributed by atoms with E-state index in [-0.39, 0.29) is 0 Å². The molecule has 0 N–H and O–H groups in total. The van der Waals surface area contributed by atoms with Gasteiger partial charge < -0.3 is 4.90 Å². The summed E-state index contributed by atoms with van der Waals surface area (Å²) in [7, 11) is 2.15. The van der Waals surface area contributed by atoms with Crippen LogP contribution in [0, 0.1) is 0 Å². The molecule has 3 heteroatoms. The van der Waals surface area contributed by atoms with Gasteiger partial charge in [0.2, 0.25) is 0 Å². The molecule has 0 spiro atoms. The summed E-state index contributed by atoms with van der Waals surface area (Å²) in [5.41, 5.74) is 4.98. The van der Waals surface area contributed by atoms with Crippen LogP contribution in [0.3, 0.4) is 0 Å². The van der Waals surface area contributed by atoms with Gasteiger partial charge in [-0.05, 0) is 53.1 Å². The first-order valence-corrected chi connectivity index (χ1v) is 9.72. The van der Waals surface area contributed by atoms with Crippen molar-refractivity contribution in [2.24, 2.45) is 4.99 Å². The Morgan fingerprint density at radius 3 is 2.65 bits per heavy atom. The Balaban J connectivity index is 1.61. The quantitative estimate of drug-likeness (QED) is 0.525. The van der Waals surface area contributed by atoms with Crippen LogP contribution in [0.2, 0.25) is 0 Å². The Bertz CT molecular complexity index is 1070. The molecular formula is C23H22N2S. The lowest BCUT2D eigenvalue weighted by Crippen LogP contribution is -2.17. The van der Waals surface area contributed by atoms with Crippen LogP contribution in [0.25, 0.3) is 6.58 Å². The van der Waals surface area contributed by atoms with Gasteiger partial charge in [-0.1, -0.05) is 55.6 Å². The Morgan fingerprint density at radius 2 is 1.81 bits per heavy atom. The van der Waals surface area contributed by atoms with E-state index >= 15 is 0 Å². The maximum absolute atomic E-state index is 4.79. The molecular weight excluding hydrogens is 336 g/mol. The zero-order valence-electron chi connectivity index (χ0n) is 15.2. The van der Waals surface area contributed by atoms with Crippen LogP contribution >= 0.6 is 11.8 Å². The third-order valence-electron chi connectivity index (χ3n) is 4.69. The number of hydrogen-bond acceptors (Lipinski definition) is 3. The Morgan fingerprint density at radius 1 is 0.962 bits per heavy atom. The molecule has 0 aliphatic carbocycles. The number of nitrogens with zero attached hydrogens (tertiary/aromatic N) is 2. The van der Waals surface area contributed by atoms with E-state index in [0.717, 1.165) is 29.2 Å². The number of benzene rings is 3. The minimum absolute atomic E-state index is 0.897. The van der Waals surface area contributed by atoms with Crippen molar-refractivity contribution in [3.63, 3.8) is 0 Å². The van der Waals surface area contributed by atoms with Crippen molar-refractivity contribution < 1.29 is 0 Å². The van der Waals surface area contributed by atoms with E-state index in [9.17, 15) is 0 Å². The summed E-state index contributed by atoms with van der Waals surface area (Å²) in [6.45, 7) is 7.12. The van der Waals surface area contributed by atoms with Crippen molar-refractivity contribution in [3.05, 3.63) is 82.4 Å². The highest BCUT2D eigenvalue weighted by Gasteiger charge is 2.13. The summed E-state index contributed by atoms with van der Waals surface area (Å²) in [6.07, 6.45) is 1.07. The molecule has 3 aromatic rings. The highest BCUT2D eigenvalue weighted by Crippen LogP contribution is 2.38. The predicted molar refractivity (Wildman–Crippen MR) is 111 cm³/mol. The first kappa shape index (κ1) is 16.9. The average molecular weight is 359 g/mol. The van der Waals surface area contributed by atoms with Crippen molar-refractivity contribution in [3.8, 4) is 0 Å². The summed E-state index contributed by atoms with van der Waals surface area (Å²) in [6, 6.07) is 21.5. The van der Waals surface area contributed by atoms with Crippen molar-refractivity contribution in [2.45, 2.75) is 29.7 Å². The number of fused-ring (bicyclic) bond motifs is 2. The second-order valence-corrected chi connectivity index (χ2v) is 7.78. The smallest absolute Gasteiger partial charge is 0.0778 e. The minimum atomic E-state index is 0.897. The summed E-state index contributed by atoms with van der Waals surface area (Å²) in [4.78, 5) is 9.47. The van der Waals surface area contributed by atoms with E-state index in [1.165, 1.54) is 26.6 Å². The van der Waals surface area contributed by atoms with Gasteiger partial charge in [-0.3, -0.25) is 0 Å². The third kappa shape index (κ3) is 3.40. The lowest BCUT2D eigenvalue weighted by molar-refractivity contribution is 0.915. The Hall–Kier alpha value is -2.52. The fourth-order valence-electron chi connectivity index (χ4n) is 3.21. The molecule has 0 bridgehead atoms. The zero-order chi connectivity index (χ0) is 18.1. The van der Waals surface area contributed by atoms with Crippen LogP contribution in [0.4, 0.5) is 11.4 Å². The van der Waals surface area contributed by atoms with Crippen LogP contribution in [0.1, 0.15) is 18.1 Å². The molecule has 0 saturated carbocycles. The highest BCUT2D eigenvalue weighted by molar-refractivity contribution is 7.99. The summed E-state index contributed by atoms with van der Waals surface area (Å²) in [5.74, 6) is 0. The van der Waals surface area contributed by atoms with Gasteiger partial charge in [0.25, 0.3) is 0 Å². The molecule has 3 aromatic carbocycles. The molecule has 2 nitrogen and oxygen atoms in total. The van der Waals surface area contributed by atoms with E-state index < -0.39 is 0 Å². The first-order chi connectivity index (χ1) is 12.6. The molecule has 0 saturated heterocycles. The fourth-order valence-corrected chi connectivity index (χ4v) is 4.27. The number of anilines is 1. The van der Waals surface area contributed by atoms with Gasteiger partial charge in [0.05, 0.1) is 11.0 Å². The van der Waals surface area contributed by atoms with Crippen LogP contribution in [-0.2, 0) is 13.0 Å². The van der Waals surface area contributed by atoms with Crippen molar-refractivity contribution in [1.82, 2.24) is 0 Å². The molecule has 4 rings (SSSR count). The van der Waals surface area contributed by atoms with E-state index in [1.807, 2.05) is 12.1 Å². The van der Waals surface area contributed by atoms with Gasteiger partial charge in [0.15, 0.2) is 0 Å². The predicted octanol–water partition coefficient (Wildman–Crippen LogP) is 4.71. The number of rotatable bonds is 4. The van der Waals surface area contributed by atoms with Crippen LogP contribution < -0.4 is 15.5 Å². The van der Waals surface area contributed by atoms with Crippen LogP contribution in [0.15, 0.2) is 75.4 Å². The van der Waals surface area contributed by atoms with Crippen LogP contribution in [0.5, 0.6) is 0 Å². The molecule has 1 aliphatic rings.